The van der Waals surface area contributed by atoms with Crippen molar-refractivity contribution in [2.24, 2.45) is 0 Å². The smallest absolute Gasteiger partial charge is 0.234 e. The lowest BCUT2D eigenvalue weighted by Crippen LogP contribution is -2.26. The lowest BCUT2D eigenvalue weighted by molar-refractivity contribution is -0.118. The maximum absolute atomic E-state index is 13.1. The van der Waals surface area contributed by atoms with Crippen LogP contribution in [0.25, 0.3) is 10.9 Å². The molecule has 35 heavy (non-hydrogen) atoms. The molecule has 178 valence electrons. The summed E-state index contributed by atoms with van der Waals surface area (Å²) >= 11 is 5.96. The molecule has 0 spiro atoms. The van der Waals surface area contributed by atoms with Crippen LogP contribution in [0.5, 0.6) is 0 Å². The minimum atomic E-state index is -0.622. The first-order valence-corrected chi connectivity index (χ1v) is 12.6. The van der Waals surface area contributed by atoms with E-state index in [4.69, 9.17) is 11.6 Å². The molecular formula is C30H29ClN2O2. The number of carbonyl (C=O) groups is 1. The second kappa shape index (κ2) is 10.6. The van der Waals surface area contributed by atoms with E-state index in [1.807, 2.05) is 30.5 Å². The molecule has 4 aromatic rings. The molecule has 0 aliphatic heterocycles. The first kappa shape index (κ1) is 23.5. The number of halogens is 1. The first-order valence-electron chi connectivity index (χ1n) is 12.2. The number of aromatic nitrogens is 1. The molecule has 1 saturated carbocycles. The van der Waals surface area contributed by atoms with Gasteiger partial charge in [-0.3, -0.25) is 9.78 Å². The maximum atomic E-state index is 13.1. The minimum Gasteiger partial charge on any atom is -0.395 e. The zero-order valence-electron chi connectivity index (χ0n) is 19.5. The number of fused-ring (bicyclic) bond motifs is 1. The van der Waals surface area contributed by atoms with Gasteiger partial charge in [-0.15, -0.1) is 0 Å². The van der Waals surface area contributed by atoms with Crippen molar-refractivity contribution in [3.8, 4) is 0 Å². The summed E-state index contributed by atoms with van der Waals surface area (Å²) in [7, 11) is 0. The van der Waals surface area contributed by atoms with E-state index in [0.29, 0.717) is 22.5 Å². The van der Waals surface area contributed by atoms with Gasteiger partial charge in [-0.2, -0.15) is 0 Å². The number of aliphatic hydroxyl groups excluding tert-OH is 1. The van der Waals surface area contributed by atoms with Crippen molar-refractivity contribution in [2.75, 3.05) is 11.9 Å². The van der Waals surface area contributed by atoms with Crippen LogP contribution in [0.4, 0.5) is 5.69 Å². The van der Waals surface area contributed by atoms with Crippen molar-refractivity contribution in [3.05, 3.63) is 107 Å². The predicted molar refractivity (Wildman–Crippen MR) is 142 cm³/mol. The van der Waals surface area contributed by atoms with Crippen LogP contribution in [0.15, 0.2) is 85.1 Å². The number of anilines is 1. The van der Waals surface area contributed by atoms with Crippen LogP contribution in [-0.4, -0.2) is 22.6 Å². The Bertz CT molecular complexity index is 1310. The van der Waals surface area contributed by atoms with Crippen molar-refractivity contribution in [3.63, 3.8) is 0 Å². The van der Waals surface area contributed by atoms with Crippen molar-refractivity contribution in [1.82, 2.24) is 4.98 Å². The largest absolute Gasteiger partial charge is 0.395 e. The van der Waals surface area contributed by atoms with E-state index in [-0.39, 0.29) is 12.5 Å². The summed E-state index contributed by atoms with van der Waals surface area (Å²) < 4.78 is 0. The van der Waals surface area contributed by atoms with Gasteiger partial charge in [-0.1, -0.05) is 54.1 Å². The number of rotatable bonds is 6. The molecule has 1 aliphatic carbocycles. The van der Waals surface area contributed by atoms with E-state index in [0.717, 1.165) is 36.8 Å². The number of para-hydroxylation sites is 1. The molecule has 0 saturated heterocycles. The van der Waals surface area contributed by atoms with Crippen molar-refractivity contribution in [1.29, 1.82) is 0 Å². The average molecular weight is 485 g/mol. The zero-order chi connectivity index (χ0) is 24.2. The van der Waals surface area contributed by atoms with Crippen molar-refractivity contribution >= 4 is 34.1 Å². The fourth-order valence-corrected chi connectivity index (χ4v) is 5.60. The molecule has 3 aromatic carbocycles. The lowest BCUT2D eigenvalue weighted by atomic mass is 9.73. The Balaban J connectivity index is 1.33. The van der Waals surface area contributed by atoms with Crippen molar-refractivity contribution < 1.29 is 9.90 Å². The van der Waals surface area contributed by atoms with Crippen molar-refractivity contribution in [2.45, 2.75) is 43.4 Å². The van der Waals surface area contributed by atoms with Gasteiger partial charge in [0.1, 0.15) is 0 Å². The number of nitrogens with zero attached hydrogens (tertiary/aromatic N) is 1. The highest BCUT2D eigenvalue weighted by Gasteiger charge is 2.29. The molecule has 1 fully saturated rings. The molecule has 5 rings (SSSR count). The van der Waals surface area contributed by atoms with Crippen LogP contribution in [-0.2, 0) is 4.79 Å². The topological polar surface area (TPSA) is 62.2 Å². The average Bonchev–Trinajstić information content (AvgIpc) is 2.90. The van der Waals surface area contributed by atoms with Gasteiger partial charge in [0.15, 0.2) is 0 Å². The van der Waals surface area contributed by atoms with E-state index < -0.39 is 5.92 Å². The molecule has 5 heteroatoms. The second-order valence-electron chi connectivity index (χ2n) is 9.33. The third kappa shape index (κ3) is 5.09. The van der Waals surface area contributed by atoms with E-state index in [9.17, 15) is 9.90 Å². The Morgan fingerprint density at radius 2 is 1.54 bits per heavy atom. The summed E-state index contributed by atoms with van der Waals surface area (Å²) in [5.41, 5.74) is 5.20. The summed E-state index contributed by atoms with van der Waals surface area (Å²) in [5.74, 6) is 0.0454. The van der Waals surface area contributed by atoms with E-state index in [1.165, 1.54) is 16.5 Å². The number of carbonyl (C=O) groups excluding carboxylic acids is 1. The molecule has 2 N–H and O–H groups in total. The molecule has 0 radical (unpaired) electrons. The van der Waals surface area contributed by atoms with Gasteiger partial charge in [0, 0.05) is 22.3 Å². The summed E-state index contributed by atoms with van der Waals surface area (Å²) in [5, 5.41) is 15.0. The molecule has 1 heterocycles. The Kier molecular flexibility index (Phi) is 7.12. The van der Waals surface area contributed by atoms with Gasteiger partial charge >= 0.3 is 0 Å². The highest BCUT2D eigenvalue weighted by molar-refractivity contribution is 6.30. The number of hydrogen-bond acceptors (Lipinski definition) is 3. The molecule has 4 nitrogen and oxygen atoms in total. The van der Waals surface area contributed by atoms with E-state index in [1.54, 1.807) is 24.3 Å². The maximum Gasteiger partial charge on any atom is 0.234 e. The zero-order valence-corrected chi connectivity index (χ0v) is 20.3. The van der Waals surface area contributed by atoms with E-state index >= 15 is 0 Å². The predicted octanol–water partition coefficient (Wildman–Crippen LogP) is 7.04. The second-order valence-corrected chi connectivity index (χ2v) is 9.76. The monoisotopic (exact) mass is 484 g/mol. The number of pyridine rings is 1. The molecular weight excluding hydrogens is 456 g/mol. The van der Waals surface area contributed by atoms with Crippen LogP contribution < -0.4 is 5.32 Å². The van der Waals surface area contributed by atoms with Gasteiger partial charge < -0.3 is 10.4 Å². The molecule has 1 aromatic heterocycles. The SMILES string of the molecule is O=C(Nc1ccc(Cl)cc1)C(CO)c1ccccc1C1CCC(c2ccnc3ccccc23)CC1. The third-order valence-corrected chi connectivity index (χ3v) is 7.52. The number of nitrogens with one attached hydrogen (secondary N) is 1. The molecule has 1 amide bonds. The van der Waals surface area contributed by atoms with Crippen LogP contribution in [0.2, 0.25) is 5.02 Å². The number of benzene rings is 3. The van der Waals surface area contributed by atoms with E-state index in [2.05, 4.69) is 40.6 Å². The molecule has 0 bridgehead atoms. The molecule has 1 unspecified atom stereocenters. The van der Waals surface area contributed by atoms with Crippen LogP contribution >= 0.6 is 11.6 Å². The van der Waals surface area contributed by atoms with Gasteiger partial charge in [0.05, 0.1) is 18.0 Å². The quantitative estimate of drug-likeness (QED) is 0.308. The molecule has 1 aliphatic rings. The number of aliphatic hydroxyl groups is 1. The van der Waals surface area contributed by atoms with Gasteiger partial charge in [0.2, 0.25) is 5.91 Å². The highest BCUT2D eigenvalue weighted by Crippen LogP contribution is 2.43. The number of amides is 1. The Hall–Kier alpha value is -3.21. The summed E-state index contributed by atoms with van der Waals surface area (Å²) in [6, 6.07) is 25.6. The first-order chi connectivity index (χ1) is 17.1. The fraction of sp³-hybridized carbons (Fsp3) is 0.267. The minimum absolute atomic E-state index is 0.209. The van der Waals surface area contributed by atoms with Crippen LogP contribution in [0.3, 0.4) is 0 Å². The number of hydrogen-bond donors (Lipinski definition) is 2. The summed E-state index contributed by atoms with van der Waals surface area (Å²) in [6.45, 7) is -0.241. The Morgan fingerprint density at radius 3 is 2.29 bits per heavy atom. The molecule has 1 atom stereocenters. The fourth-order valence-electron chi connectivity index (χ4n) is 5.47. The van der Waals surface area contributed by atoms with Gasteiger partial charge in [-0.25, -0.2) is 0 Å². The van der Waals surface area contributed by atoms with Crippen LogP contribution in [0.1, 0.15) is 60.1 Å². The summed E-state index contributed by atoms with van der Waals surface area (Å²) in [4.78, 5) is 17.6. The Morgan fingerprint density at radius 1 is 0.886 bits per heavy atom. The highest BCUT2D eigenvalue weighted by atomic mass is 35.5. The van der Waals surface area contributed by atoms with Crippen LogP contribution in [0, 0.1) is 0 Å². The normalized spacial score (nSPS) is 18.8. The Labute approximate surface area is 211 Å². The third-order valence-electron chi connectivity index (χ3n) is 7.27. The van der Waals surface area contributed by atoms with Gasteiger partial charge in [0.25, 0.3) is 0 Å². The standard InChI is InChI=1S/C30H29ClN2O2/c31-22-13-15-23(16-14-22)33-30(35)28(19-34)26-6-2-1-5-24(26)20-9-11-21(12-10-20)25-17-18-32-29-8-4-3-7-27(25)29/h1-8,13-18,20-21,28,34H,9-12,19H2,(H,33,35). The lowest BCUT2D eigenvalue weighted by Gasteiger charge is -2.31. The van der Waals surface area contributed by atoms with Gasteiger partial charge in [-0.05, 0) is 90.6 Å². The summed E-state index contributed by atoms with van der Waals surface area (Å²) in [6.07, 6.45) is 6.20.